The van der Waals surface area contributed by atoms with Crippen molar-refractivity contribution in [3.8, 4) is 0 Å². The van der Waals surface area contributed by atoms with Crippen LogP contribution in [0.15, 0.2) is 4.21 Å². The SMILES string of the molecule is Cc1nc(Cl)sc1S(=O)(=O)NCC1(CO)CC1. The molecular weight excluding hydrogens is 284 g/mol. The molecule has 0 aromatic carbocycles. The van der Waals surface area contributed by atoms with Crippen LogP contribution in [0.1, 0.15) is 18.5 Å². The lowest BCUT2D eigenvalue weighted by Crippen LogP contribution is -2.31. The van der Waals surface area contributed by atoms with Gasteiger partial charge in [-0.05, 0) is 19.8 Å². The minimum atomic E-state index is -3.56. The van der Waals surface area contributed by atoms with Gasteiger partial charge in [0.05, 0.1) is 5.69 Å². The molecule has 0 spiro atoms. The highest BCUT2D eigenvalue weighted by Gasteiger charge is 2.42. The molecule has 2 rings (SSSR count). The Hall–Kier alpha value is -0.210. The molecule has 1 aliphatic rings. The second-order valence-corrected chi connectivity index (χ2v) is 7.87. The lowest BCUT2D eigenvalue weighted by atomic mass is 10.1. The maximum atomic E-state index is 12.0. The lowest BCUT2D eigenvalue weighted by Gasteiger charge is -2.12. The van der Waals surface area contributed by atoms with E-state index in [-0.39, 0.29) is 27.2 Å². The van der Waals surface area contributed by atoms with Crippen molar-refractivity contribution in [2.45, 2.75) is 24.0 Å². The summed E-state index contributed by atoms with van der Waals surface area (Å²) >= 11 is 6.62. The second kappa shape index (κ2) is 4.47. The van der Waals surface area contributed by atoms with Crippen LogP contribution in [0, 0.1) is 12.3 Å². The first-order valence-corrected chi connectivity index (χ1v) is 7.80. The molecule has 2 N–H and O–H groups in total. The number of rotatable bonds is 5. The number of sulfonamides is 1. The predicted molar refractivity (Wildman–Crippen MR) is 65.8 cm³/mol. The monoisotopic (exact) mass is 296 g/mol. The molecule has 0 atom stereocenters. The molecule has 96 valence electrons. The number of aryl methyl sites for hydroxylation is 1. The Morgan fingerprint density at radius 2 is 2.24 bits per heavy atom. The fraction of sp³-hybridized carbons (Fsp3) is 0.667. The van der Waals surface area contributed by atoms with Crippen molar-refractivity contribution in [3.05, 3.63) is 10.2 Å². The second-order valence-electron chi connectivity index (χ2n) is 4.32. The third-order valence-corrected chi connectivity index (χ3v) is 6.17. The molecule has 8 heteroatoms. The first-order valence-electron chi connectivity index (χ1n) is 5.12. The summed E-state index contributed by atoms with van der Waals surface area (Å²) in [4.78, 5) is 3.87. The summed E-state index contributed by atoms with van der Waals surface area (Å²) in [7, 11) is -3.56. The summed E-state index contributed by atoms with van der Waals surface area (Å²) in [5, 5.41) is 9.12. The zero-order chi connectivity index (χ0) is 12.7. The number of hydrogen-bond donors (Lipinski definition) is 2. The van der Waals surface area contributed by atoms with E-state index in [2.05, 4.69) is 9.71 Å². The van der Waals surface area contributed by atoms with E-state index in [4.69, 9.17) is 16.7 Å². The molecule has 0 radical (unpaired) electrons. The molecule has 1 aliphatic carbocycles. The van der Waals surface area contributed by atoms with Crippen LogP contribution >= 0.6 is 22.9 Å². The topological polar surface area (TPSA) is 79.3 Å². The first kappa shape index (κ1) is 13.2. The minimum absolute atomic E-state index is 0.0119. The van der Waals surface area contributed by atoms with Gasteiger partial charge in [-0.1, -0.05) is 22.9 Å². The molecular formula is C9H13ClN2O3S2. The van der Waals surface area contributed by atoms with Gasteiger partial charge in [0.1, 0.15) is 0 Å². The number of aliphatic hydroxyl groups is 1. The quantitative estimate of drug-likeness (QED) is 0.854. The van der Waals surface area contributed by atoms with Crippen molar-refractivity contribution < 1.29 is 13.5 Å². The number of aliphatic hydroxyl groups excluding tert-OH is 1. The Kier molecular flexibility index (Phi) is 3.48. The van der Waals surface area contributed by atoms with Gasteiger partial charge in [0, 0.05) is 18.6 Å². The highest BCUT2D eigenvalue weighted by atomic mass is 35.5. The van der Waals surface area contributed by atoms with Gasteiger partial charge in [0.2, 0.25) is 0 Å². The van der Waals surface area contributed by atoms with E-state index in [1.54, 1.807) is 6.92 Å². The van der Waals surface area contributed by atoms with Crippen LogP contribution in [-0.2, 0) is 10.0 Å². The summed E-state index contributed by atoms with van der Waals surface area (Å²) in [5.74, 6) is 0. The van der Waals surface area contributed by atoms with Crippen LogP contribution in [0.25, 0.3) is 0 Å². The highest BCUT2D eigenvalue weighted by molar-refractivity contribution is 7.91. The normalized spacial score (nSPS) is 18.3. The molecule has 0 amide bonds. The third-order valence-electron chi connectivity index (χ3n) is 2.90. The lowest BCUT2D eigenvalue weighted by molar-refractivity contribution is 0.213. The molecule has 17 heavy (non-hydrogen) atoms. The van der Waals surface area contributed by atoms with Gasteiger partial charge in [0.25, 0.3) is 10.0 Å². The Bertz CT molecular complexity index is 522. The van der Waals surface area contributed by atoms with Crippen LogP contribution < -0.4 is 4.72 Å². The van der Waals surface area contributed by atoms with E-state index in [1.165, 1.54) is 0 Å². The molecule has 0 aliphatic heterocycles. The smallest absolute Gasteiger partial charge is 0.252 e. The van der Waals surface area contributed by atoms with E-state index >= 15 is 0 Å². The molecule has 5 nitrogen and oxygen atoms in total. The molecule has 1 fully saturated rings. The number of aromatic nitrogens is 1. The Morgan fingerprint density at radius 3 is 2.65 bits per heavy atom. The Labute approximate surface area is 109 Å². The van der Waals surface area contributed by atoms with Crippen LogP contribution in [0.2, 0.25) is 4.47 Å². The fourth-order valence-electron chi connectivity index (χ4n) is 1.48. The van der Waals surface area contributed by atoms with Gasteiger partial charge in [-0.2, -0.15) is 0 Å². The largest absolute Gasteiger partial charge is 0.396 e. The zero-order valence-corrected chi connectivity index (χ0v) is 11.6. The van der Waals surface area contributed by atoms with Gasteiger partial charge in [-0.3, -0.25) is 0 Å². The number of halogens is 1. The predicted octanol–water partition coefficient (Wildman–Crippen LogP) is 1.16. The van der Waals surface area contributed by atoms with Crippen LogP contribution in [0.3, 0.4) is 0 Å². The van der Waals surface area contributed by atoms with Gasteiger partial charge < -0.3 is 5.11 Å². The molecule has 1 saturated carbocycles. The van der Waals surface area contributed by atoms with Gasteiger partial charge in [-0.25, -0.2) is 18.1 Å². The van der Waals surface area contributed by atoms with Gasteiger partial charge in [0.15, 0.2) is 8.68 Å². The molecule has 0 bridgehead atoms. The molecule has 1 heterocycles. The molecule has 0 saturated heterocycles. The number of nitrogens with zero attached hydrogens (tertiary/aromatic N) is 1. The fourth-order valence-corrected chi connectivity index (χ4v) is 4.42. The van der Waals surface area contributed by atoms with Crippen LogP contribution in [0.4, 0.5) is 0 Å². The minimum Gasteiger partial charge on any atom is -0.396 e. The Morgan fingerprint density at radius 1 is 1.59 bits per heavy atom. The van der Waals surface area contributed by atoms with Crippen molar-refractivity contribution in [2.75, 3.05) is 13.2 Å². The number of nitrogens with one attached hydrogen (secondary N) is 1. The van der Waals surface area contributed by atoms with E-state index in [0.29, 0.717) is 5.69 Å². The van der Waals surface area contributed by atoms with Crippen molar-refractivity contribution >= 4 is 33.0 Å². The summed E-state index contributed by atoms with van der Waals surface area (Å²) < 4.78 is 26.8. The highest BCUT2D eigenvalue weighted by Crippen LogP contribution is 2.44. The van der Waals surface area contributed by atoms with Crippen molar-refractivity contribution in [1.29, 1.82) is 0 Å². The van der Waals surface area contributed by atoms with Crippen molar-refractivity contribution in [3.63, 3.8) is 0 Å². The standard InChI is InChI=1S/C9H13ClN2O3S2/c1-6-7(16-8(10)12-6)17(14,15)11-4-9(5-13)2-3-9/h11,13H,2-5H2,1H3. The number of thiazole rings is 1. The Balaban J connectivity index is 2.12. The zero-order valence-electron chi connectivity index (χ0n) is 9.23. The third kappa shape index (κ3) is 2.79. The average molecular weight is 297 g/mol. The summed E-state index contributed by atoms with van der Waals surface area (Å²) in [5.41, 5.74) is 0.150. The van der Waals surface area contributed by atoms with E-state index in [9.17, 15) is 8.42 Å². The number of hydrogen-bond acceptors (Lipinski definition) is 5. The maximum absolute atomic E-state index is 12.0. The summed E-state index contributed by atoms with van der Waals surface area (Å²) in [6.07, 6.45) is 1.71. The maximum Gasteiger partial charge on any atom is 0.252 e. The van der Waals surface area contributed by atoms with Crippen LogP contribution in [0.5, 0.6) is 0 Å². The van der Waals surface area contributed by atoms with Gasteiger partial charge >= 0.3 is 0 Å². The van der Waals surface area contributed by atoms with Crippen LogP contribution in [-0.4, -0.2) is 31.7 Å². The van der Waals surface area contributed by atoms with Gasteiger partial charge in [-0.15, -0.1) is 0 Å². The molecule has 1 aromatic heterocycles. The average Bonchev–Trinajstić information content (AvgIpc) is 2.96. The first-order chi connectivity index (χ1) is 7.88. The van der Waals surface area contributed by atoms with E-state index in [0.717, 1.165) is 24.2 Å². The van der Waals surface area contributed by atoms with E-state index in [1.807, 2.05) is 0 Å². The summed E-state index contributed by atoms with van der Waals surface area (Å²) in [6, 6.07) is 0. The van der Waals surface area contributed by atoms with Crippen molar-refractivity contribution in [2.24, 2.45) is 5.41 Å². The van der Waals surface area contributed by atoms with E-state index < -0.39 is 10.0 Å². The summed E-state index contributed by atoms with van der Waals surface area (Å²) in [6.45, 7) is 1.88. The molecule has 0 unspecified atom stereocenters. The van der Waals surface area contributed by atoms with Crippen molar-refractivity contribution in [1.82, 2.24) is 9.71 Å². The molecule has 1 aromatic rings.